The fourth-order valence-corrected chi connectivity index (χ4v) is 2.53. The molecule has 2 aromatic rings. The smallest absolute Gasteiger partial charge is 0.182 e. The molecule has 0 N–H and O–H groups in total. The minimum atomic E-state index is 0.447. The maximum absolute atomic E-state index is 6.17. The maximum atomic E-state index is 6.17. The molecule has 1 aliphatic heterocycles. The van der Waals surface area contributed by atoms with Crippen LogP contribution in [-0.2, 0) is 6.42 Å². The van der Waals surface area contributed by atoms with Crippen LogP contribution in [0.2, 0.25) is 5.02 Å². The molecule has 1 atom stereocenters. The molecule has 0 spiro atoms. The van der Waals surface area contributed by atoms with E-state index in [2.05, 4.69) is 17.0 Å². The number of halogens is 1. The van der Waals surface area contributed by atoms with Crippen LogP contribution >= 0.6 is 11.6 Å². The Morgan fingerprint density at radius 3 is 2.94 bits per heavy atom. The zero-order valence-corrected chi connectivity index (χ0v) is 10.5. The van der Waals surface area contributed by atoms with Crippen LogP contribution in [-0.4, -0.2) is 14.8 Å². The van der Waals surface area contributed by atoms with Gasteiger partial charge in [-0.15, -0.1) is 0 Å². The molecule has 1 aromatic heterocycles. The largest absolute Gasteiger partial charge is 0.247 e. The molecule has 0 bridgehead atoms. The van der Waals surface area contributed by atoms with Gasteiger partial charge in [0.2, 0.25) is 0 Å². The Bertz CT molecular complexity index is 547. The number of rotatable bonds is 1. The lowest BCUT2D eigenvalue weighted by atomic mass is 10.1. The van der Waals surface area contributed by atoms with Crippen LogP contribution in [0.25, 0.3) is 11.4 Å². The highest BCUT2D eigenvalue weighted by atomic mass is 35.5. The molecule has 88 valence electrons. The van der Waals surface area contributed by atoms with E-state index >= 15 is 0 Å². The molecular weight excluding hydrogens is 234 g/mol. The van der Waals surface area contributed by atoms with Crippen molar-refractivity contribution in [3.63, 3.8) is 0 Å². The summed E-state index contributed by atoms with van der Waals surface area (Å²) in [5, 5.41) is 5.30. The Morgan fingerprint density at radius 2 is 2.18 bits per heavy atom. The van der Waals surface area contributed by atoms with E-state index in [9.17, 15) is 0 Å². The van der Waals surface area contributed by atoms with Crippen molar-refractivity contribution in [2.75, 3.05) is 0 Å². The second kappa shape index (κ2) is 4.15. The van der Waals surface area contributed by atoms with Crippen LogP contribution in [0.15, 0.2) is 24.3 Å². The predicted octanol–water partition coefficient (Wildman–Crippen LogP) is 3.50. The summed E-state index contributed by atoms with van der Waals surface area (Å²) in [6.45, 7) is 2.19. The fraction of sp³-hybridized carbons (Fsp3) is 0.385. The van der Waals surface area contributed by atoms with E-state index in [4.69, 9.17) is 11.6 Å². The number of hydrogen-bond donors (Lipinski definition) is 0. The second-order valence-electron chi connectivity index (χ2n) is 4.52. The van der Waals surface area contributed by atoms with E-state index in [1.54, 1.807) is 0 Å². The van der Waals surface area contributed by atoms with Gasteiger partial charge in [0, 0.05) is 12.0 Å². The predicted molar refractivity (Wildman–Crippen MR) is 68.1 cm³/mol. The van der Waals surface area contributed by atoms with E-state index in [0.717, 1.165) is 23.6 Å². The summed E-state index contributed by atoms with van der Waals surface area (Å²) in [6.07, 6.45) is 3.39. The summed E-state index contributed by atoms with van der Waals surface area (Å²) >= 11 is 6.17. The number of benzene rings is 1. The van der Waals surface area contributed by atoms with Gasteiger partial charge in [-0.1, -0.05) is 23.7 Å². The highest BCUT2D eigenvalue weighted by Gasteiger charge is 2.20. The minimum absolute atomic E-state index is 0.447. The van der Waals surface area contributed by atoms with E-state index in [1.807, 2.05) is 28.9 Å². The molecule has 0 radical (unpaired) electrons. The summed E-state index contributed by atoms with van der Waals surface area (Å²) in [7, 11) is 0. The quantitative estimate of drug-likeness (QED) is 0.772. The SMILES string of the molecule is CC1CCCc2nc(-c3ccccc3Cl)nn21. The molecule has 0 aliphatic carbocycles. The van der Waals surface area contributed by atoms with E-state index in [0.29, 0.717) is 11.1 Å². The first kappa shape index (κ1) is 10.8. The Labute approximate surface area is 105 Å². The molecular formula is C13H14ClN3. The van der Waals surface area contributed by atoms with Gasteiger partial charge in [0.15, 0.2) is 5.82 Å². The molecule has 0 fully saturated rings. The van der Waals surface area contributed by atoms with Gasteiger partial charge in [-0.3, -0.25) is 0 Å². The Balaban J connectivity index is 2.08. The molecule has 0 saturated carbocycles. The van der Waals surface area contributed by atoms with Crippen molar-refractivity contribution in [1.29, 1.82) is 0 Å². The summed E-state index contributed by atoms with van der Waals surface area (Å²) < 4.78 is 2.04. The van der Waals surface area contributed by atoms with Crippen molar-refractivity contribution in [2.45, 2.75) is 32.2 Å². The molecule has 17 heavy (non-hydrogen) atoms. The number of aromatic nitrogens is 3. The molecule has 4 heteroatoms. The third-order valence-electron chi connectivity index (χ3n) is 3.26. The molecule has 1 unspecified atom stereocenters. The average Bonchev–Trinajstić information content (AvgIpc) is 2.75. The van der Waals surface area contributed by atoms with Gasteiger partial charge < -0.3 is 0 Å². The number of hydrogen-bond acceptors (Lipinski definition) is 2. The molecule has 2 heterocycles. The molecule has 0 saturated heterocycles. The second-order valence-corrected chi connectivity index (χ2v) is 4.92. The lowest BCUT2D eigenvalue weighted by Crippen LogP contribution is -2.16. The zero-order chi connectivity index (χ0) is 11.8. The normalized spacial score (nSPS) is 19.1. The summed E-state index contributed by atoms with van der Waals surface area (Å²) in [5.74, 6) is 1.83. The van der Waals surface area contributed by atoms with Gasteiger partial charge in [-0.25, -0.2) is 9.67 Å². The Morgan fingerprint density at radius 1 is 1.35 bits per heavy atom. The van der Waals surface area contributed by atoms with Gasteiger partial charge in [0.25, 0.3) is 0 Å². The lowest BCUT2D eigenvalue weighted by Gasteiger charge is -2.18. The average molecular weight is 248 g/mol. The van der Waals surface area contributed by atoms with E-state index < -0.39 is 0 Å². The number of fused-ring (bicyclic) bond motifs is 1. The molecule has 1 aliphatic rings. The Kier molecular flexibility index (Phi) is 2.63. The van der Waals surface area contributed by atoms with E-state index in [-0.39, 0.29) is 0 Å². The summed E-state index contributed by atoms with van der Waals surface area (Å²) in [5.41, 5.74) is 0.920. The molecule has 3 rings (SSSR count). The minimum Gasteiger partial charge on any atom is -0.247 e. The maximum Gasteiger partial charge on any atom is 0.182 e. The van der Waals surface area contributed by atoms with Crippen molar-refractivity contribution in [3.8, 4) is 11.4 Å². The number of aryl methyl sites for hydroxylation is 1. The fourth-order valence-electron chi connectivity index (χ4n) is 2.31. The number of nitrogens with zero attached hydrogens (tertiary/aromatic N) is 3. The highest BCUT2D eigenvalue weighted by molar-refractivity contribution is 6.33. The lowest BCUT2D eigenvalue weighted by molar-refractivity contribution is 0.389. The Hall–Kier alpha value is -1.35. The van der Waals surface area contributed by atoms with Crippen LogP contribution in [0.1, 0.15) is 31.6 Å². The van der Waals surface area contributed by atoms with Crippen molar-refractivity contribution in [2.24, 2.45) is 0 Å². The van der Waals surface area contributed by atoms with Gasteiger partial charge >= 0.3 is 0 Å². The monoisotopic (exact) mass is 247 g/mol. The van der Waals surface area contributed by atoms with Crippen LogP contribution in [0.3, 0.4) is 0 Å². The first-order chi connectivity index (χ1) is 8.25. The van der Waals surface area contributed by atoms with Gasteiger partial charge in [-0.05, 0) is 31.9 Å². The first-order valence-corrected chi connectivity index (χ1v) is 6.34. The third kappa shape index (κ3) is 1.84. The molecule has 1 aromatic carbocycles. The van der Waals surface area contributed by atoms with Crippen molar-refractivity contribution >= 4 is 11.6 Å². The van der Waals surface area contributed by atoms with Crippen molar-refractivity contribution < 1.29 is 0 Å². The standard InChI is InChI=1S/C13H14ClN3/c1-9-5-4-8-12-15-13(16-17(9)12)10-6-2-3-7-11(10)14/h2-3,6-7,9H,4-5,8H2,1H3. The van der Waals surface area contributed by atoms with Gasteiger partial charge in [0.05, 0.1) is 11.1 Å². The third-order valence-corrected chi connectivity index (χ3v) is 3.59. The van der Waals surface area contributed by atoms with Gasteiger partial charge in [0.1, 0.15) is 5.82 Å². The summed E-state index contributed by atoms with van der Waals surface area (Å²) in [6, 6.07) is 8.17. The molecule has 0 amide bonds. The van der Waals surface area contributed by atoms with Crippen LogP contribution in [0, 0.1) is 0 Å². The van der Waals surface area contributed by atoms with Crippen LogP contribution < -0.4 is 0 Å². The van der Waals surface area contributed by atoms with Crippen molar-refractivity contribution in [3.05, 3.63) is 35.1 Å². The zero-order valence-electron chi connectivity index (χ0n) is 9.73. The summed E-state index contributed by atoms with van der Waals surface area (Å²) in [4.78, 5) is 4.60. The molecule has 3 nitrogen and oxygen atoms in total. The van der Waals surface area contributed by atoms with E-state index in [1.165, 1.54) is 12.8 Å². The highest BCUT2D eigenvalue weighted by Crippen LogP contribution is 2.28. The van der Waals surface area contributed by atoms with Gasteiger partial charge in [-0.2, -0.15) is 5.10 Å². The van der Waals surface area contributed by atoms with Crippen molar-refractivity contribution in [1.82, 2.24) is 14.8 Å². The van der Waals surface area contributed by atoms with Crippen LogP contribution in [0.5, 0.6) is 0 Å². The van der Waals surface area contributed by atoms with Crippen LogP contribution in [0.4, 0.5) is 0 Å². The first-order valence-electron chi connectivity index (χ1n) is 5.96. The topological polar surface area (TPSA) is 30.7 Å².